The molecule has 2 N–H and O–H groups in total. The van der Waals surface area contributed by atoms with Gasteiger partial charge in [-0.05, 0) is 30.7 Å². The average molecular weight is 316 g/mol. The van der Waals surface area contributed by atoms with E-state index >= 15 is 0 Å². The van der Waals surface area contributed by atoms with E-state index < -0.39 is 6.04 Å². The number of hydrogen-bond acceptors (Lipinski definition) is 5. The molecule has 2 aromatic carbocycles. The second-order valence-electron chi connectivity index (χ2n) is 5.77. The molecule has 24 heavy (non-hydrogen) atoms. The third-order valence-electron chi connectivity index (χ3n) is 3.96. The maximum absolute atomic E-state index is 6.22. The molecule has 2 heterocycles. The number of benzene rings is 2. The summed E-state index contributed by atoms with van der Waals surface area (Å²) in [6.45, 7) is 2.05. The lowest BCUT2D eigenvalue weighted by Crippen LogP contribution is -2.13. The molecular formula is C19H16N4O. The lowest BCUT2D eigenvalue weighted by atomic mass is 10.1. The van der Waals surface area contributed by atoms with Crippen LogP contribution in [0.15, 0.2) is 65.3 Å². The quantitative estimate of drug-likeness (QED) is 0.624. The maximum Gasteiger partial charge on any atom is 0.259 e. The normalized spacial score (nSPS) is 12.4. The summed E-state index contributed by atoms with van der Waals surface area (Å²) in [5.41, 5.74) is 10.1. The van der Waals surface area contributed by atoms with Gasteiger partial charge in [-0.2, -0.15) is 4.98 Å². The molecule has 0 saturated carbocycles. The molecule has 0 aliphatic rings. The number of hydrogen-bond donors (Lipinski definition) is 1. The van der Waals surface area contributed by atoms with Crippen LogP contribution in [0.2, 0.25) is 0 Å². The molecule has 1 atom stereocenters. The Balaban J connectivity index is 1.70. The van der Waals surface area contributed by atoms with E-state index in [4.69, 9.17) is 10.3 Å². The third kappa shape index (κ3) is 2.66. The van der Waals surface area contributed by atoms with Crippen molar-refractivity contribution in [2.45, 2.75) is 13.0 Å². The van der Waals surface area contributed by atoms with Gasteiger partial charge < -0.3 is 10.3 Å². The van der Waals surface area contributed by atoms with Crippen molar-refractivity contribution in [1.29, 1.82) is 0 Å². The number of aromatic nitrogens is 3. The van der Waals surface area contributed by atoms with Gasteiger partial charge in [0, 0.05) is 11.6 Å². The van der Waals surface area contributed by atoms with Crippen molar-refractivity contribution in [3.63, 3.8) is 0 Å². The van der Waals surface area contributed by atoms with Crippen LogP contribution >= 0.6 is 0 Å². The molecule has 0 amide bonds. The Morgan fingerprint density at radius 1 is 1.04 bits per heavy atom. The Morgan fingerprint density at radius 3 is 2.71 bits per heavy atom. The Kier molecular flexibility index (Phi) is 3.55. The van der Waals surface area contributed by atoms with Gasteiger partial charge in [0.15, 0.2) is 5.82 Å². The molecule has 0 spiro atoms. The Labute approximate surface area is 139 Å². The van der Waals surface area contributed by atoms with Gasteiger partial charge in [-0.3, -0.25) is 4.98 Å². The first kappa shape index (κ1) is 14.5. The van der Waals surface area contributed by atoms with E-state index in [-0.39, 0.29) is 0 Å². The van der Waals surface area contributed by atoms with Gasteiger partial charge >= 0.3 is 0 Å². The summed E-state index contributed by atoms with van der Waals surface area (Å²) >= 11 is 0. The Morgan fingerprint density at radius 2 is 1.88 bits per heavy atom. The number of pyridine rings is 1. The summed E-state index contributed by atoms with van der Waals surface area (Å²) in [6.07, 6.45) is 1.74. The van der Waals surface area contributed by atoms with Crippen molar-refractivity contribution < 1.29 is 4.52 Å². The zero-order chi connectivity index (χ0) is 16.5. The zero-order valence-electron chi connectivity index (χ0n) is 13.2. The second-order valence-corrected chi connectivity index (χ2v) is 5.77. The largest absolute Gasteiger partial charge is 0.334 e. The molecule has 0 bridgehead atoms. The van der Waals surface area contributed by atoms with E-state index in [2.05, 4.69) is 28.1 Å². The first-order chi connectivity index (χ1) is 11.7. The zero-order valence-corrected chi connectivity index (χ0v) is 13.2. The number of rotatable bonds is 3. The molecule has 2 aromatic heterocycles. The van der Waals surface area contributed by atoms with Gasteiger partial charge in [0.25, 0.3) is 5.89 Å². The van der Waals surface area contributed by atoms with E-state index in [9.17, 15) is 0 Å². The number of aryl methyl sites for hydroxylation is 1. The summed E-state index contributed by atoms with van der Waals surface area (Å²) < 4.78 is 5.39. The van der Waals surface area contributed by atoms with E-state index in [1.807, 2.05) is 48.5 Å². The smallest absolute Gasteiger partial charge is 0.259 e. The average Bonchev–Trinajstić information content (AvgIpc) is 3.11. The van der Waals surface area contributed by atoms with Crippen molar-refractivity contribution in [2.24, 2.45) is 5.73 Å². The predicted octanol–water partition coefficient (Wildman–Crippen LogP) is 3.64. The van der Waals surface area contributed by atoms with E-state index in [1.165, 1.54) is 5.56 Å². The minimum absolute atomic E-state index is 0.417. The molecule has 0 aliphatic carbocycles. The van der Waals surface area contributed by atoms with Crippen molar-refractivity contribution >= 4 is 10.9 Å². The van der Waals surface area contributed by atoms with Gasteiger partial charge in [0.2, 0.25) is 0 Å². The number of nitrogens with two attached hydrogens (primary N) is 1. The minimum Gasteiger partial charge on any atom is -0.334 e. The standard InChI is InChI=1S/C19H16N4O/c1-12-7-8-16-14(9-12)10-15(11-21-16)19-22-18(23-24-19)17(20)13-5-3-2-4-6-13/h2-11,17H,20H2,1H3. The molecule has 4 rings (SSSR count). The van der Waals surface area contributed by atoms with Crippen LogP contribution in [0, 0.1) is 6.92 Å². The highest BCUT2D eigenvalue weighted by Crippen LogP contribution is 2.24. The molecule has 118 valence electrons. The van der Waals surface area contributed by atoms with Crippen LogP contribution < -0.4 is 5.73 Å². The fraction of sp³-hybridized carbons (Fsp3) is 0.105. The van der Waals surface area contributed by atoms with Crippen LogP contribution in [0.25, 0.3) is 22.4 Å². The van der Waals surface area contributed by atoms with Gasteiger partial charge in [0.1, 0.15) is 0 Å². The Bertz CT molecular complexity index is 995. The lowest BCUT2D eigenvalue weighted by molar-refractivity contribution is 0.419. The van der Waals surface area contributed by atoms with Crippen molar-refractivity contribution in [1.82, 2.24) is 15.1 Å². The predicted molar refractivity (Wildman–Crippen MR) is 92.2 cm³/mol. The lowest BCUT2D eigenvalue weighted by Gasteiger charge is -2.06. The van der Waals surface area contributed by atoms with Gasteiger partial charge in [-0.15, -0.1) is 0 Å². The van der Waals surface area contributed by atoms with Crippen LogP contribution in [0.4, 0.5) is 0 Å². The topological polar surface area (TPSA) is 77.8 Å². The second kappa shape index (κ2) is 5.86. The van der Waals surface area contributed by atoms with E-state index in [0.29, 0.717) is 11.7 Å². The molecule has 1 unspecified atom stereocenters. The summed E-state index contributed by atoms with van der Waals surface area (Å²) in [4.78, 5) is 8.90. The monoisotopic (exact) mass is 316 g/mol. The molecule has 4 aromatic rings. The van der Waals surface area contributed by atoms with Crippen molar-refractivity contribution in [3.8, 4) is 11.5 Å². The van der Waals surface area contributed by atoms with Gasteiger partial charge in [-0.1, -0.05) is 47.1 Å². The molecule has 0 radical (unpaired) electrons. The van der Waals surface area contributed by atoms with Crippen LogP contribution in [0.3, 0.4) is 0 Å². The maximum atomic E-state index is 6.22. The Hall–Kier alpha value is -3.05. The van der Waals surface area contributed by atoms with Crippen LogP contribution in [0.1, 0.15) is 23.0 Å². The molecule has 5 nitrogen and oxygen atoms in total. The van der Waals surface area contributed by atoms with E-state index in [1.54, 1.807) is 6.20 Å². The molecule has 0 saturated heterocycles. The third-order valence-corrected chi connectivity index (χ3v) is 3.96. The molecular weight excluding hydrogens is 300 g/mol. The first-order valence-corrected chi connectivity index (χ1v) is 7.71. The summed E-state index contributed by atoms with van der Waals surface area (Å²) in [6, 6.07) is 17.4. The molecule has 0 aliphatic heterocycles. The number of fused-ring (bicyclic) bond motifs is 1. The highest BCUT2D eigenvalue weighted by molar-refractivity contribution is 5.82. The fourth-order valence-electron chi connectivity index (χ4n) is 2.66. The minimum atomic E-state index is -0.417. The molecule has 5 heteroatoms. The summed E-state index contributed by atoms with van der Waals surface area (Å²) in [5.74, 6) is 0.882. The van der Waals surface area contributed by atoms with Crippen molar-refractivity contribution in [3.05, 3.63) is 77.7 Å². The number of nitrogens with zero attached hydrogens (tertiary/aromatic N) is 3. The highest BCUT2D eigenvalue weighted by Gasteiger charge is 2.17. The SMILES string of the molecule is Cc1ccc2ncc(-c3nc(C(N)c4ccccc4)no3)cc2c1. The van der Waals surface area contributed by atoms with Gasteiger partial charge in [0.05, 0.1) is 17.1 Å². The van der Waals surface area contributed by atoms with Crippen LogP contribution in [-0.4, -0.2) is 15.1 Å². The first-order valence-electron chi connectivity index (χ1n) is 7.71. The van der Waals surface area contributed by atoms with Gasteiger partial charge in [-0.25, -0.2) is 0 Å². The highest BCUT2D eigenvalue weighted by atomic mass is 16.5. The van der Waals surface area contributed by atoms with Crippen LogP contribution in [0.5, 0.6) is 0 Å². The summed E-state index contributed by atoms with van der Waals surface area (Å²) in [5, 5.41) is 5.07. The van der Waals surface area contributed by atoms with E-state index in [0.717, 1.165) is 22.0 Å². The molecule has 0 fully saturated rings. The van der Waals surface area contributed by atoms with Crippen molar-refractivity contribution in [2.75, 3.05) is 0 Å². The van der Waals surface area contributed by atoms with Crippen LogP contribution in [-0.2, 0) is 0 Å². The fourth-order valence-corrected chi connectivity index (χ4v) is 2.66. The summed E-state index contributed by atoms with van der Waals surface area (Å²) in [7, 11) is 0.